The van der Waals surface area contributed by atoms with E-state index in [0.29, 0.717) is 10.8 Å². The van der Waals surface area contributed by atoms with Gasteiger partial charge in [-0.1, -0.05) is 17.7 Å². The number of nitriles is 1. The van der Waals surface area contributed by atoms with Gasteiger partial charge in [-0.3, -0.25) is 0 Å². The van der Waals surface area contributed by atoms with E-state index < -0.39 is 0 Å². The topological polar surface area (TPSA) is 36.7 Å². The molecule has 0 aromatic carbocycles. The first kappa shape index (κ1) is 7.77. The van der Waals surface area contributed by atoms with Gasteiger partial charge in [0.05, 0.1) is 11.8 Å². The van der Waals surface area contributed by atoms with E-state index in [1.807, 2.05) is 6.07 Å². The van der Waals surface area contributed by atoms with Crippen LogP contribution in [0, 0.1) is 11.3 Å². The van der Waals surface area contributed by atoms with Crippen LogP contribution in [0.15, 0.2) is 24.3 Å². The van der Waals surface area contributed by atoms with Crippen molar-refractivity contribution in [3.63, 3.8) is 0 Å². The summed E-state index contributed by atoms with van der Waals surface area (Å²) in [6.07, 6.45) is 2.96. The zero-order valence-electron chi connectivity index (χ0n) is 5.66. The number of aromatic nitrogens is 1. The van der Waals surface area contributed by atoms with Crippen LogP contribution in [0.3, 0.4) is 0 Å². The number of allylic oxidation sites excluding steroid dienone is 1. The number of rotatable bonds is 1. The molecule has 0 aliphatic carbocycles. The average Bonchev–Trinajstić information content (AvgIpc) is 2.01. The fourth-order valence-corrected chi connectivity index (χ4v) is 0.810. The third-order valence-corrected chi connectivity index (χ3v) is 1.28. The summed E-state index contributed by atoms with van der Waals surface area (Å²) >= 11 is 5.60. The molecule has 0 atom stereocenters. The van der Waals surface area contributed by atoms with E-state index in [9.17, 15) is 0 Å². The van der Waals surface area contributed by atoms with Gasteiger partial charge < -0.3 is 0 Å². The molecule has 0 saturated carbocycles. The molecule has 1 aromatic rings. The third kappa shape index (κ3) is 2.40. The maximum Gasteiger partial charge on any atom is 0.129 e. The number of hydrogen-bond donors (Lipinski definition) is 0. The minimum Gasteiger partial charge on any atom is -0.237 e. The van der Waals surface area contributed by atoms with Gasteiger partial charge in [0, 0.05) is 6.08 Å². The highest BCUT2D eigenvalue weighted by atomic mass is 35.5. The van der Waals surface area contributed by atoms with E-state index in [4.69, 9.17) is 16.9 Å². The van der Waals surface area contributed by atoms with Gasteiger partial charge in [0.25, 0.3) is 0 Å². The summed E-state index contributed by atoms with van der Waals surface area (Å²) in [4.78, 5) is 3.94. The molecule has 0 saturated heterocycles. The van der Waals surface area contributed by atoms with Gasteiger partial charge in [0.1, 0.15) is 5.15 Å². The number of halogens is 1. The Bertz CT molecular complexity index is 312. The van der Waals surface area contributed by atoms with E-state index in [2.05, 4.69) is 4.98 Å². The third-order valence-electron chi connectivity index (χ3n) is 1.07. The molecule has 1 heterocycles. The average molecular weight is 165 g/mol. The molecular weight excluding hydrogens is 160 g/mol. The fraction of sp³-hybridized carbons (Fsp3) is 0. The standard InChI is InChI=1S/C8H5ClN2/c9-8-5-1-3-7(11-8)4-2-6-10/h1-5H. The molecule has 0 N–H and O–H groups in total. The summed E-state index contributed by atoms with van der Waals surface area (Å²) in [6, 6.07) is 7.12. The molecule has 2 nitrogen and oxygen atoms in total. The van der Waals surface area contributed by atoms with Gasteiger partial charge in [0.2, 0.25) is 0 Å². The van der Waals surface area contributed by atoms with E-state index in [0.717, 1.165) is 0 Å². The van der Waals surface area contributed by atoms with Gasteiger partial charge >= 0.3 is 0 Å². The zero-order valence-corrected chi connectivity index (χ0v) is 6.42. The lowest BCUT2D eigenvalue weighted by atomic mass is 10.3. The molecule has 0 unspecified atom stereocenters. The van der Waals surface area contributed by atoms with Crippen LogP contribution in [-0.4, -0.2) is 4.98 Å². The van der Waals surface area contributed by atoms with Gasteiger partial charge in [-0.2, -0.15) is 5.26 Å². The second kappa shape index (κ2) is 3.75. The van der Waals surface area contributed by atoms with Gasteiger partial charge in [-0.15, -0.1) is 0 Å². The Kier molecular flexibility index (Phi) is 2.65. The summed E-state index contributed by atoms with van der Waals surface area (Å²) in [5.41, 5.74) is 0.694. The Balaban J connectivity index is 2.90. The molecule has 11 heavy (non-hydrogen) atoms. The fourth-order valence-electron chi connectivity index (χ4n) is 0.639. The van der Waals surface area contributed by atoms with Gasteiger partial charge in [-0.25, -0.2) is 4.98 Å². The normalized spacial score (nSPS) is 9.82. The molecule has 0 radical (unpaired) electrons. The molecule has 3 heteroatoms. The molecule has 0 aliphatic heterocycles. The van der Waals surface area contributed by atoms with Crippen LogP contribution in [0.5, 0.6) is 0 Å². The molecule has 0 aliphatic rings. The highest BCUT2D eigenvalue weighted by Crippen LogP contribution is 2.05. The first-order chi connectivity index (χ1) is 5.33. The van der Waals surface area contributed by atoms with Crippen molar-refractivity contribution < 1.29 is 0 Å². The van der Waals surface area contributed by atoms with Crippen molar-refractivity contribution >= 4 is 17.7 Å². The molecule has 0 spiro atoms. The van der Waals surface area contributed by atoms with Crippen molar-refractivity contribution in [3.05, 3.63) is 35.1 Å². The molecule has 54 valence electrons. The van der Waals surface area contributed by atoms with Crippen LogP contribution in [0.4, 0.5) is 0 Å². The van der Waals surface area contributed by atoms with Crippen LogP contribution < -0.4 is 0 Å². The molecule has 1 aromatic heterocycles. The van der Waals surface area contributed by atoms with Gasteiger partial charge in [0.15, 0.2) is 0 Å². The van der Waals surface area contributed by atoms with Crippen molar-refractivity contribution in [2.45, 2.75) is 0 Å². The lowest BCUT2D eigenvalue weighted by molar-refractivity contribution is 1.29. The Morgan fingerprint density at radius 3 is 3.00 bits per heavy atom. The zero-order chi connectivity index (χ0) is 8.10. The Labute approximate surface area is 69.8 Å². The monoisotopic (exact) mass is 164 g/mol. The van der Waals surface area contributed by atoms with Crippen LogP contribution in [-0.2, 0) is 0 Å². The maximum absolute atomic E-state index is 8.20. The van der Waals surface area contributed by atoms with Crippen LogP contribution in [0.1, 0.15) is 5.69 Å². The van der Waals surface area contributed by atoms with Gasteiger partial charge in [-0.05, 0) is 18.2 Å². The van der Waals surface area contributed by atoms with Crippen LogP contribution in [0.25, 0.3) is 6.08 Å². The molecular formula is C8H5ClN2. The molecule has 0 bridgehead atoms. The minimum absolute atomic E-state index is 0.435. The van der Waals surface area contributed by atoms with Crippen molar-refractivity contribution in [1.29, 1.82) is 5.26 Å². The highest BCUT2D eigenvalue weighted by Gasteiger charge is 1.88. The highest BCUT2D eigenvalue weighted by molar-refractivity contribution is 6.29. The maximum atomic E-state index is 8.20. The van der Waals surface area contributed by atoms with E-state index in [1.54, 1.807) is 24.3 Å². The van der Waals surface area contributed by atoms with Crippen molar-refractivity contribution in [2.24, 2.45) is 0 Å². The lowest BCUT2D eigenvalue weighted by Gasteiger charge is -1.90. The Morgan fingerprint density at radius 1 is 1.55 bits per heavy atom. The summed E-state index contributed by atoms with van der Waals surface area (Å²) in [5, 5.41) is 8.63. The molecule has 1 rings (SSSR count). The first-order valence-corrected chi connectivity index (χ1v) is 3.39. The largest absolute Gasteiger partial charge is 0.237 e. The second-order valence-electron chi connectivity index (χ2n) is 1.85. The van der Waals surface area contributed by atoms with Crippen molar-refractivity contribution in [2.75, 3.05) is 0 Å². The van der Waals surface area contributed by atoms with E-state index in [1.165, 1.54) is 6.08 Å². The molecule has 0 amide bonds. The smallest absolute Gasteiger partial charge is 0.129 e. The van der Waals surface area contributed by atoms with Crippen molar-refractivity contribution in [3.8, 4) is 6.07 Å². The lowest BCUT2D eigenvalue weighted by Crippen LogP contribution is -1.78. The minimum atomic E-state index is 0.435. The predicted molar refractivity (Wildman–Crippen MR) is 43.9 cm³/mol. The predicted octanol–water partition coefficient (Wildman–Crippen LogP) is 2.27. The summed E-state index contributed by atoms with van der Waals surface area (Å²) in [7, 11) is 0. The van der Waals surface area contributed by atoms with E-state index in [-0.39, 0.29) is 0 Å². The number of pyridine rings is 1. The first-order valence-electron chi connectivity index (χ1n) is 3.01. The summed E-state index contributed by atoms with van der Waals surface area (Å²) in [5.74, 6) is 0. The van der Waals surface area contributed by atoms with E-state index >= 15 is 0 Å². The summed E-state index contributed by atoms with van der Waals surface area (Å²) < 4.78 is 0. The number of hydrogen-bond acceptors (Lipinski definition) is 2. The Hall–Kier alpha value is -1.33. The molecule has 0 fully saturated rings. The summed E-state index contributed by atoms with van der Waals surface area (Å²) in [6.45, 7) is 0. The van der Waals surface area contributed by atoms with Crippen LogP contribution in [0.2, 0.25) is 5.15 Å². The quantitative estimate of drug-likeness (QED) is 0.472. The second-order valence-corrected chi connectivity index (χ2v) is 2.23. The SMILES string of the molecule is N#CC=Cc1cccc(Cl)n1. The number of nitrogens with zero attached hydrogens (tertiary/aromatic N) is 2. The Morgan fingerprint density at radius 2 is 2.36 bits per heavy atom. The van der Waals surface area contributed by atoms with Crippen LogP contribution >= 0.6 is 11.6 Å². The van der Waals surface area contributed by atoms with Crippen molar-refractivity contribution in [1.82, 2.24) is 4.98 Å².